The second-order valence-electron chi connectivity index (χ2n) is 3.53. The number of ketones is 1. The minimum atomic E-state index is 0.307. The number of pyridine rings is 1. The van der Waals surface area contributed by atoms with Crippen LogP contribution in [0.25, 0.3) is 5.57 Å². The van der Waals surface area contributed by atoms with Crippen molar-refractivity contribution in [1.29, 1.82) is 0 Å². The molecular formula is C12H13NO2. The molecule has 2 rings (SSSR count). The van der Waals surface area contributed by atoms with Crippen LogP contribution in [0.4, 0.5) is 0 Å². The van der Waals surface area contributed by atoms with Gasteiger partial charge in [-0.3, -0.25) is 4.79 Å². The van der Waals surface area contributed by atoms with Gasteiger partial charge in [0.15, 0.2) is 0 Å². The maximum atomic E-state index is 11.1. The highest BCUT2D eigenvalue weighted by atomic mass is 16.5. The van der Waals surface area contributed by atoms with E-state index in [1.165, 1.54) is 5.57 Å². The zero-order valence-electron chi connectivity index (χ0n) is 8.69. The Kier molecular flexibility index (Phi) is 2.81. The predicted molar refractivity (Wildman–Crippen MR) is 57.6 cm³/mol. The number of aromatic nitrogens is 1. The van der Waals surface area contributed by atoms with Crippen molar-refractivity contribution < 1.29 is 9.53 Å². The normalized spacial score (nSPS) is 16.1. The molecule has 0 amide bonds. The minimum absolute atomic E-state index is 0.307. The highest BCUT2D eigenvalue weighted by molar-refractivity contribution is 5.87. The molecule has 1 aliphatic carbocycles. The van der Waals surface area contributed by atoms with E-state index in [-0.39, 0.29) is 0 Å². The van der Waals surface area contributed by atoms with Crippen LogP contribution in [0.2, 0.25) is 0 Å². The molecule has 0 fully saturated rings. The lowest BCUT2D eigenvalue weighted by molar-refractivity contribution is -0.118. The van der Waals surface area contributed by atoms with Crippen LogP contribution in [-0.2, 0) is 4.79 Å². The molecule has 78 valence electrons. The molecule has 0 aromatic carbocycles. The largest absolute Gasteiger partial charge is 0.481 e. The Balaban J connectivity index is 2.33. The topological polar surface area (TPSA) is 39.2 Å². The maximum absolute atomic E-state index is 11.1. The van der Waals surface area contributed by atoms with Crippen molar-refractivity contribution in [2.24, 2.45) is 0 Å². The van der Waals surface area contributed by atoms with Gasteiger partial charge in [0.05, 0.1) is 7.11 Å². The van der Waals surface area contributed by atoms with Crippen molar-refractivity contribution >= 4 is 11.4 Å². The van der Waals surface area contributed by atoms with E-state index in [1.807, 2.05) is 18.2 Å². The van der Waals surface area contributed by atoms with E-state index in [0.717, 1.165) is 12.0 Å². The van der Waals surface area contributed by atoms with Crippen molar-refractivity contribution in [3.05, 3.63) is 30.0 Å². The summed E-state index contributed by atoms with van der Waals surface area (Å²) < 4.78 is 5.19. The van der Waals surface area contributed by atoms with Gasteiger partial charge in [-0.1, -0.05) is 6.08 Å². The number of rotatable bonds is 2. The summed E-state index contributed by atoms with van der Waals surface area (Å²) in [6.45, 7) is 0. The fraction of sp³-hybridized carbons (Fsp3) is 0.333. The summed E-state index contributed by atoms with van der Waals surface area (Å²) in [7, 11) is 1.61. The average molecular weight is 203 g/mol. The maximum Gasteiger partial charge on any atom is 0.220 e. The fourth-order valence-electron chi connectivity index (χ4n) is 1.76. The Labute approximate surface area is 88.8 Å². The molecule has 0 radical (unpaired) electrons. The van der Waals surface area contributed by atoms with Crippen molar-refractivity contribution in [2.45, 2.75) is 19.3 Å². The Morgan fingerprint density at radius 2 is 2.27 bits per heavy atom. The Morgan fingerprint density at radius 1 is 1.40 bits per heavy atom. The van der Waals surface area contributed by atoms with Gasteiger partial charge in [-0.2, -0.15) is 0 Å². The van der Waals surface area contributed by atoms with Crippen LogP contribution < -0.4 is 4.74 Å². The fourth-order valence-corrected chi connectivity index (χ4v) is 1.76. The number of carbonyl (C=O) groups is 1. The van der Waals surface area contributed by atoms with E-state index < -0.39 is 0 Å². The first-order valence-corrected chi connectivity index (χ1v) is 5.01. The summed E-state index contributed by atoms with van der Waals surface area (Å²) in [4.78, 5) is 15.2. The number of carbonyl (C=O) groups excluding carboxylic acids is 1. The number of Topliss-reactive ketones (excluding diaryl/α,β-unsaturated/α-hetero) is 1. The third-order valence-corrected chi connectivity index (χ3v) is 2.56. The minimum Gasteiger partial charge on any atom is -0.481 e. The smallest absolute Gasteiger partial charge is 0.220 e. The van der Waals surface area contributed by atoms with Crippen LogP contribution >= 0.6 is 0 Å². The number of ether oxygens (including phenoxy) is 1. The molecule has 1 aromatic heterocycles. The molecule has 0 saturated heterocycles. The molecule has 1 heterocycles. The molecule has 0 saturated carbocycles. The molecule has 15 heavy (non-hydrogen) atoms. The molecule has 3 nitrogen and oxygen atoms in total. The van der Waals surface area contributed by atoms with E-state index in [4.69, 9.17) is 4.74 Å². The van der Waals surface area contributed by atoms with Gasteiger partial charge in [-0.05, 0) is 24.1 Å². The summed E-state index contributed by atoms with van der Waals surface area (Å²) in [5, 5.41) is 0. The summed E-state index contributed by atoms with van der Waals surface area (Å²) in [6.07, 6.45) is 5.64. The molecule has 0 atom stereocenters. The van der Waals surface area contributed by atoms with Gasteiger partial charge in [0, 0.05) is 24.6 Å². The third-order valence-electron chi connectivity index (χ3n) is 2.56. The summed E-state index contributed by atoms with van der Waals surface area (Å²) in [6, 6.07) is 3.86. The molecule has 0 spiro atoms. The summed E-state index contributed by atoms with van der Waals surface area (Å²) in [5.74, 6) is 0.944. The molecular weight excluding hydrogens is 190 g/mol. The predicted octanol–water partition coefficient (Wildman–Crippen LogP) is 2.23. The van der Waals surface area contributed by atoms with E-state index >= 15 is 0 Å². The van der Waals surface area contributed by atoms with Crippen LogP contribution in [0.15, 0.2) is 24.4 Å². The van der Waals surface area contributed by atoms with Gasteiger partial charge in [-0.25, -0.2) is 4.98 Å². The molecule has 0 N–H and O–H groups in total. The SMILES string of the molecule is COc1ncccc1C1=CCC(=O)CC1. The van der Waals surface area contributed by atoms with Gasteiger partial charge in [0.1, 0.15) is 5.78 Å². The first-order chi connectivity index (χ1) is 7.31. The van der Waals surface area contributed by atoms with E-state index in [9.17, 15) is 4.79 Å². The second kappa shape index (κ2) is 4.26. The van der Waals surface area contributed by atoms with Crippen LogP contribution in [0, 0.1) is 0 Å². The molecule has 0 bridgehead atoms. The van der Waals surface area contributed by atoms with Gasteiger partial charge in [0.25, 0.3) is 0 Å². The Morgan fingerprint density at radius 3 is 2.93 bits per heavy atom. The van der Waals surface area contributed by atoms with E-state index in [0.29, 0.717) is 24.5 Å². The van der Waals surface area contributed by atoms with Crippen molar-refractivity contribution in [3.63, 3.8) is 0 Å². The number of hydrogen-bond donors (Lipinski definition) is 0. The second-order valence-corrected chi connectivity index (χ2v) is 3.53. The number of hydrogen-bond acceptors (Lipinski definition) is 3. The van der Waals surface area contributed by atoms with Crippen LogP contribution in [0.5, 0.6) is 5.88 Å². The van der Waals surface area contributed by atoms with Crippen LogP contribution in [0.1, 0.15) is 24.8 Å². The van der Waals surface area contributed by atoms with Gasteiger partial charge in [0.2, 0.25) is 5.88 Å². The van der Waals surface area contributed by atoms with Crippen molar-refractivity contribution in [2.75, 3.05) is 7.11 Å². The first kappa shape index (κ1) is 9.90. The standard InChI is InChI=1S/C12H13NO2/c1-15-12-11(3-2-8-13-12)9-4-6-10(14)7-5-9/h2-4,8H,5-7H2,1H3. The van der Waals surface area contributed by atoms with Crippen molar-refractivity contribution in [1.82, 2.24) is 4.98 Å². The lowest BCUT2D eigenvalue weighted by Crippen LogP contribution is -2.04. The number of methoxy groups -OCH3 is 1. The zero-order chi connectivity index (χ0) is 10.7. The number of nitrogens with zero attached hydrogens (tertiary/aromatic N) is 1. The summed E-state index contributed by atoms with van der Waals surface area (Å²) in [5.41, 5.74) is 2.17. The van der Waals surface area contributed by atoms with E-state index in [1.54, 1.807) is 13.3 Å². The highest BCUT2D eigenvalue weighted by Gasteiger charge is 2.15. The average Bonchev–Trinajstić information content (AvgIpc) is 2.30. The molecule has 0 unspecified atom stereocenters. The summed E-state index contributed by atoms with van der Waals surface area (Å²) >= 11 is 0. The highest BCUT2D eigenvalue weighted by Crippen LogP contribution is 2.30. The van der Waals surface area contributed by atoms with Crippen LogP contribution in [0.3, 0.4) is 0 Å². The molecule has 0 aliphatic heterocycles. The van der Waals surface area contributed by atoms with Crippen molar-refractivity contribution in [3.8, 4) is 5.88 Å². The molecule has 1 aliphatic rings. The molecule has 3 heteroatoms. The Bertz CT molecular complexity index is 410. The third kappa shape index (κ3) is 2.06. The Hall–Kier alpha value is -1.64. The molecule has 1 aromatic rings. The van der Waals surface area contributed by atoms with E-state index in [2.05, 4.69) is 4.98 Å². The lowest BCUT2D eigenvalue weighted by Gasteiger charge is -2.14. The quantitative estimate of drug-likeness (QED) is 0.739. The lowest BCUT2D eigenvalue weighted by atomic mass is 9.93. The zero-order valence-corrected chi connectivity index (χ0v) is 8.69. The number of allylic oxidation sites excluding steroid dienone is 2. The van der Waals surface area contributed by atoms with Gasteiger partial charge in [-0.15, -0.1) is 0 Å². The van der Waals surface area contributed by atoms with Crippen LogP contribution in [-0.4, -0.2) is 17.9 Å². The van der Waals surface area contributed by atoms with Gasteiger partial charge >= 0.3 is 0 Å². The monoisotopic (exact) mass is 203 g/mol. The van der Waals surface area contributed by atoms with Gasteiger partial charge < -0.3 is 4.74 Å². The first-order valence-electron chi connectivity index (χ1n) is 5.01.